The van der Waals surface area contributed by atoms with Gasteiger partial charge in [0, 0.05) is 24.7 Å². The molecule has 0 aliphatic carbocycles. The molecule has 0 radical (unpaired) electrons. The number of hydrogen-bond acceptors (Lipinski definition) is 5. The Balaban J connectivity index is 1.68. The number of halogens is 3. The van der Waals surface area contributed by atoms with Gasteiger partial charge in [0.25, 0.3) is 11.8 Å². The lowest BCUT2D eigenvalue weighted by molar-refractivity contribution is 0.0222. The van der Waals surface area contributed by atoms with E-state index in [0.717, 1.165) is 0 Å². The summed E-state index contributed by atoms with van der Waals surface area (Å²) in [6.07, 6.45) is 2.96. The van der Waals surface area contributed by atoms with Gasteiger partial charge in [0.2, 0.25) is 0 Å². The zero-order chi connectivity index (χ0) is 20.9. The first kappa shape index (κ1) is 18.7. The minimum absolute atomic E-state index is 0.245. The highest BCUT2D eigenvalue weighted by Crippen LogP contribution is 2.45. The molecule has 1 amide bonds. The van der Waals surface area contributed by atoms with Gasteiger partial charge in [-0.2, -0.15) is 5.10 Å². The molecule has 156 valence electrons. The van der Waals surface area contributed by atoms with Crippen molar-refractivity contribution in [3.05, 3.63) is 53.6 Å². The highest BCUT2D eigenvalue weighted by molar-refractivity contribution is 5.99. The van der Waals surface area contributed by atoms with Gasteiger partial charge in [0.1, 0.15) is 22.9 Å². The lowest BCUT2D eigenvalue weighted by atomic mass is 10.0. The maximum Gasteiger partial charge on any atom is 0.267 e. The second kappa shape index (κ2) is 6.89. The third-order valence-corrected chi connectivity index (χ3v) is 5.36. The molecule has 0 spiro atoms. The molecule has 30 heavy (non-hydrogen) atoms. The van der Waals surface area contributed by atoms with Crippen molar-refractivity contribution < 1.29 is 22.7 Å². The first-order valence-electron chi connectivity index (χ1n) is 9.61. The van der Waals surface area contributed by atoms with Crippen LogP contribution in [0.1, 0.15) is 34.8 Å². The van der Waals surface area contributed by atoms with Crippen LogP contribution in [0.3, 0.4) is 0 Å². The maximum absolute atomic E-state index is 14.5. The fourth-order valence-electron chi connectivity index (χ4n) is 3.98. The molecule has 2 aliphatic rings. The van der Waals surface area contributed by atoms with Crippen molar-refractivity contribution in [1.82, 2.24) is 19.9 Å². The molecule has 2 aromatic heterocycles. The number of amides is 1. The third-order valence-electron chi connectivity index (χ3n) is 5.36. The average molecular weight is 417 g/mol. The van der Waals surface area contributed by atoms with Gasteiger partial charge in [-0.05, 0) is 30.7 Å². The van der Waals surface area contributed by atoms with E-state index in [4.69, 9.17) is 4.74 Å². The topological polar surface area (TPSA) is 71.8 Å². The van der Waals surface area contributed by atoms with Crippen LogP contribution >= 0.6 is 0 Å². The van der Waals surface area contributed by atoms with Crippen molar-refractivity contribution in [2.75, 3.05) is 24.6 Å². The van der Waals surface area contributed by atoms with Crippen molar-refractivity contribution in [2.45, 2.75) is 24.8 Å². The van der Waals surface area contributed by atoms with E-state index >= 15 is 0 Å². The second-order valence-corrected chi connectivity index (χ2v) is 7.46. The number of fused-ring (bicyclic) bond motifs is 5. The molecular weight excluding hydrogens is 399 g/mol. The van der Waals surface area contributed by atoms with E-state index < -0.39 is 30.7 Å². The molecule has 0 saturated carbocycles. The quantitative estimate of drug-likeness (QED) is 0.609. The van der Waals surface area contributed by atoms with Crippen molar-refractivity contribution in [3.8, 4) is 5.75 Å². The van der Waals surface area contributed by atoms with Gasteiger partial charge in [0.15, 0.2) is 5.65 Å². The zero-order valence-electron chi connectivity index (χ0n) is 15.8. The van der Waals surface area contributed by atoms with Crippen LogP contribution in [0.25, 0.3) is 5.65 Å². The Morgan fingerprint density at radius 1 is 1.27 bits per heavy atom. The van der Waals surface area contributed by atoms with Crippen LogP contribution in [-0.4, -0.2) is 46.1 Å². The van der Waals surface area contributed by atoms with Gasteiger partial charge < -0.3 is 15.0 Å². The molecule has 1 N–H and O–H groups in total. The molecule has 3 aromatic rings. The number of nitrogens with zero attached hydrogens (tertiary/aromatic N) is 4. The number of aromatic nitrogens is 3. The number of rotatable bonds is 0. The number of carbonyl (C=O) groups is 1. The molecule has 2 bridgehead atoms. The summed E-state index contributed by atoms with van der Waals surface area (Å²) in [5.74, 6) is -3.26. The Labute approximate surface area is 169 Å². The molecule has 1 atom stereocenters. The minimum Gasteiger partial charge on any atom is -0.493 e. The summed E-state index contributed by atoms with van der Waals surface area (Å²) in [6, 6.07) is 4.66. The molecule has 10 heteroatoms. The van der Waals surface area contributed by atoms with Crippen molar-refractivity contribution >= 4 is 17.4 Å². The van der Waals surface area contributed by atoms with Gasteiger partial charge in [-0.3, -0.25) is 4.79 Å². The summed E-state index contributed by atoms with van der Waals surface area (Å²) in [4.78, 5) is 18.4. The lowest BCUT2D eigenvalue weighted by Gasteiger charge is -2.27. The highest BCUT2D eigenvalue weighted by Gasteiger charge is 2.47. The molecule has 2 aliphatic heterocycles. The maximum atomic E-state index is 14.5. The summed E-state index contributed by atoms with van der Waals surface area (Å²) in [5.41, 5.74) is 0.874. The first-order chi connectivity index (χ1) is 14.4. The molecule has 1 saturated heterocycles. The van der Waals surface area contributed by atoms with E-state index in [9.17, 15) is 18.0 Å². The van der Waals surface area contributed by atoms with Crippen LogP contribution in [0.4, 0.5) is 19.0 Å². The summed E-state index contributed by atoms with van der Waals surface area (Å²) >= 11 is 0. The van der Waals surface area contributed by atoms with Crippen LogP contribution in [0.5, 0.6) is 5.75 Å². The van der Waals surface area contributed by atoms with Gasteiger partial charge in [-0.15, -0.1) is 0 Å². The summed E-state index contributed by atoms with van der Waals surface area (Å²) in [5, 5.41) is 6.89. The van der Waals surface area contributed by atoms with Crippen LogP contribution in [0, 0.1) is 5.82 Å². The van der Waals surface area contributed by atoms with E-state index in [2.05, 4.69) is 15.4 Å². The average Bonchev–Trinajstić information content (AvgIpc) is 3.27. The predicted molar refractivity (Wildman–Crippen MR) is 101 cm³/mol. The molecule has 1 aromatic carbocycles. The predicted octanol–water partition coefficient (Wildman–Crippen LogP) is 2.97. The Bertz CT molecular complexity index is 1130. The first-order valence-corrected chi connectivity index (χ1v) is 9.61. The largest absolute Gasteiger partial charge is 0.493 e. The smallest absolute Gasteiger partial charge is 0.267 e. The molecular formula is C20H18F3N5O2. The number of hydrogen-bond donors (Lipinski definition) is 1. The fraction of sp³-hybridized carbons (Fsp3) is 0.350. The van der Waals surface area contributed by atoms with Crippen molar-refractivity contribution in [3.63, 3.8) is 0 Å². The second-order valence-electron chi connectivity index (χ2n) is 7.46. The van der Waals surface area contributed by atoms with Crippen LogP contribution < -0.4 is 15.0 Å². The molecule has 1 fully saturated rings. The van der Waals surface area contributed by atoms with Gasteiger partial charge in [-0.25, -0.2) is 22.7 Å². The lowest BCUT2D eigenvalue weighted by Crippen LogP contribution is -2.29. The van der Waals surface area contributed by atoms with E-state index in [-0.39, 0.29) is 29.5 Å². The third kappa shape index (κ3) is 3.21. The van der Waals surface area contributed by atoms with Gasteiger partial charge >= 0.3 is 0 Å². The van der Waals surface area contributed by atoms with Crippen LogP contribution in [0.15, 0.2) is 36.7 Å². The van der Waals surface area contributed by atoms with Crippen molar-refractivity contribution in [2.24, 2.45) is 0 Å². The SMILES string of the molecule is O=C1NCCCOc2ccc(F)cc2C2CC(F)(F)CN2c2ccn3ncc1c3n2. The molecule has 4 heterocycles. The fourth-order valence-corrected chi connectivity index (χ4v) is 3.98. The molecule has 1 unspecified atom stereocenters. The normalized spacial score (nSPS) is 21.0. The summed E-state index contributed by atoms with van der Waals surface area (Å²) in [6.45, 7) is 0.0153. The Hall–Kier alpha value is -3.30. The van der Waals surface area contributed by atoms with Crippen LogP contribution in [-0.2, 0) is 0 Å². The number of nitrogens with one attached hydrogen (secondary N) is 1. The minimum atomic E-state index is -2.99. The number of ether oxygens (including phenoxy) is 1. The Morgan fingerprint density at radius 2 is 2.13 bits per heavy atom. The van der Waals surface area contributed by atoms with E-state index in [1.807, 2.05) is 0 Å². The van der Waals surface area contributed by atoms with Gasteiger partial charge in [0.05, 0.1) is 25.4 Å². The number of anilines is 1. The standard InChI is InChI=1S/C20H18F3N5O2/c21-12-2-3-16-13(8-12)15-9-20(22,23)11-27(15)17-4-6-28-18(26-17)14(10-25-28)19(29)24-5-1-7-30-16/h2-4,6,8,10,15H,1,5,7,9,11H2,(H,24,29). The summed E-state index contributed by atoms with van der Waals surface area (Å²) < 4.78 is 50.2. The zero-order valence-corrected chi connectivity index (χ0v) is 15.8. The Morgan fingerprint density at radius 3 is 3.00 bits per heavy atom. The molecule has 5 rings (SSSR count). The number of carbonyl (C=O) groups excluding carboxylic acids is 1. The molecule has 7 nitrogen and oxygen atoms in total. The van der Waals surface area contributed by atoms with Crippen molar-refractivity contribution in [1.29, 1.82) is 0 Å². The van der Waals surface area contributed by atoms with Gasteiger partial charge in [-0.1, -0.05) is 0 Å². The number of benzene rings is 1. The summed E-state index contributed by atoms with van der Waals surface area (Å²) in [7, 11) is 0. The van der Waals surface area contributed by atoms with E-state index in [0.29, 0.717) is 24.3 Å². The van der Waals surface area contributed by atoms with E-state index in [1.54, 1.807) is 12.3 Å². The van der Waals surface area contributed by atoms with E-state index in [1.165, 1.54) is 33.8 Å². The highest BCUT2D eigenvalue weighted by atomic mass is 19.3. The van der Waals surface area contributed by atoms with Crippen LogP contribution in [0.2, 0.25) is 0 Å². The number of alkyl halides is 2. The Kier molecular flexibility index (Phi) is 4.30. The monoisotopic (exact) mass is 417 g/mol.